The molecule has 1 aromatic carbocycles. The highest BCUT2D eigenvalue weighted by molar-refractivity contribution is 7.99. The predicted molar refractivity (Wildman–Crippen MR) is 111 cm³/mol. The molecule has 4 rings (SSSR count). The summed E-state index contributed by atoms with van der Waals surface area (Å²) in [5, 5.41) is 0.648. The normalized spacial score (nSPS) is 12.8. The van der Waals surface area contributed by atoms with Gasteiger partial charge in [-0.05, 0) is 18.2 Å². The van der Waals surface area contributed by atoms with Crippen molar-refractivity contribution >= 4 is 45.1 Å². The number of benzene rings is 1. The Morgan fingerprint density at radius 3 is 2.72 bits per heavy atom. The van der Waals surface area contributed by atoms with Crippen LogP contribution in [0.1, 0.15) is 6.42 Å². The highest BCUT2D eigenvalue weighted by atomic mass is 32.2. The Morgan fingerprint density at radius 1 is 1.24 bits per heavy atom. The average molecular weight is 437 g/mol. The minimum atomic E-state index is -2.44. The van der Waals surface area contributed by atoms with Gasteiger partial charge < -0.3 is 24.7 Å². The van der Waals surface area contributed by atoms with Gasteiger partial charge in [0.2, 0.25) is 6.79 Å². The number of rotatable bonds is 7. The van der Waals surface area contributed by atoms with E-state index in [4.69, 9.17) is 15.2 Å². The van der Waals surface area contributed by atoms with Crippen LogP contribution in [0.3, 0.4) is 0 Å². The van der Waals surface area contributed by atoms with E-state index in [0.717, 1.165) is 10.6 Å². The highest BCUT2D eigenvalue weighted by Gasteiger charge is 2.22. The van der Waals surface area contributed by atoms with Gasteiger partial charge in [-0.15, -0.1) is 0 Å². The Bertz CT molecular complexity index is 1140. The predicted octanol–water partition coefficient (Wildman–Crippen LogP) is 1.36. The minimum Gasteiger partial charge on any atom is -0.454 e. The molecule has 0 radical (unpaired) electrons. The van der Waals surface area contributed by atoms with Crippen LogP contribution in [-0.4, -0.2) is 54.6 Å². The third-order valence-electron chi connectivity index (χ3n) is 4.38. The molecule has 0 atom stereocenters. The van der Waals surface area contributed by atoms with Crippen molar-refractivity contribution in [2.24, 2.45) is 0 Å². The Morgan fingerprint density at radius 2 is 2.00 bits per heavy atom. The number of hydrogen-bond donors (Lipinski definition) is 2. The van der Waals surface area contributed by atoms with E-state index in [1.165, 1.54) is 18.1 Å². The second-order valence-electron chi connectivity index (χ2n) is 6.56. The first-order chi connectivity index (χ1) is 13.9. The fourth-order valence-corrected chi connectivity index (χ4v) is 4.55. The molecule has 3 aromatic rings. The van der Waals surface area contributed by atoms with Crippen molar-refractivity contribution in [2.75, 3.05) is 37.3 Å². The Balaban J connectivity index is 1.77. The maximum atomic E-state index is 11.0. The van der Waals surface area contributed by atoms with E-state index in [1.54, 1.807) is 0 Å². The molecule has 3 heterocycles. The summed E-state index contributed by atoms with van der Waals surface area (Å²) < 4.78 is 34.8. The van der Waals surface area contributed by atoms with E-state index in [-0.39, 0.29) is 18.4 Å². The summed E-state index contributed by atoms with van der Waals surface area (Å²) in [7, 11) is 1.44. The lowest BCUT2D eigenvalue weighted by atomic mass is 10.2. The number of ether oxygens (including phenoxy) is 2. The van der Waals surface area contributed by atoms with Gasteiger partial charge in [-0.25, -0.2) is 23.4 Å². The SMILES string of the molecule is CN(C)c1cc2c(cc1Sc1nc3c(N)ncnc3n1CCC[SH](=O)=O)OCO2. The van der Waals surface area contributed by atoms with Gasteiger partial charge in [-0.2, -0.15) is 0 Å². The number of aryl methyl sites for hydroxylation is 1. The highest BCUT2D eigenvalue weighted by Crippen LogP contribution is 2.44. The standard InChI is InChI=1S/C17H20N6O4S2/c1-22(2)10-6-11-12(27-9-26-11)7-13(10)28-17-21-14-15(18)19-8-20-16(14)23(17)4-3-5-29(24)25/h6-8,29H,3-5,9H2,1-2H3,(H2,18,19,20). The molecule has 0 bridgehead atoms. The molecule has 10 nitrogen and oxygen atoms in total. The van der Waals surface area contributed by atoms with Crippen molar-refractivity contribution < 1.29 is 17.9 Å². The van der Waals surface area contributed by atoms with Gasteiger partial charge in [0.1, 0.15) is 17.0 Å². The second kappa shape index (κ2) is 7.95. The van der Waals surface area contributed by atoms with Crippen LogP contribution in [0.15, 0.2) is 28.5 Å². The zero-order chi connectivity index (χ0) is 20.5. The van der Waals surface area contributed by atoms with Gasteiger partial charge in [0.15, 0.2) is 33.6 Å². The van der Waals surface area contributed by atoms with Crippen LogP contribution in [0, 0.1) is 0 Å². The monoisotopic (exact) mass is 436 g/mol. The van der Waals surface area contributed by atoms with Gasteiger partial charge in [0.25, 0.3) is 0 Å². The first kappa shape index (κ1) is 19.6. The molecular formula is C17H20N6O4S2. The third kappa shape index (κ3) is 3.90. The van der Waals surface area contributed by atoms with Crippen molar-refractivity contribution in [3.05, 3.63) is 18.5 Å². The van der Waals surface area contributed by atoms with Crippen molar-refractivity contribution in [3.63, 3.8) is 0 Å². The molecule has 12 heteroatoms. The largest absolute Gasteiger partial charge is 0.454 e. The van der Waals surface area contributed by atoms with Gasteiger partial charge in [-0.3, -0.25) is 0 Å². The number of aromatic nitrogens is 4. The summed E-state index contributed by atoms with van der Waals surface area (Å²) in [6.07, 6.45) is 1.83. The van der Waals surface area contributed by atoms with E-state index in [0.29, 0.717) is 40.8 Å². The van der Waals surface area contributed by atoms with E-state index in [9.17, 15) is 8.42 Å². The van der Waals surface area contributed by atoms with Gasteiger partial charge in [0, 0.05) is 43.4 Å². The number of thiol groups is 1. The summed E-state index contributed by atoms with van der Waals surface area (Å²) >= 11 is 1.43. The molecule has 0 amide bonds. The fourth-order valence-electron chi connectivity index (χ4n) is 3.01. The zero-order valence-corrected chi connectivity index (χ0v) is 17.6. The topological polar surface area (TPSA) is 125 Å². The molecule has 0 unspecified atom stereocenters. The zero-order valence-electron chi connectivity index (χ0n) is 15.9. The molecule has 0 aliphatic carbocycles. The number of nitrogens with two attached hydrogens (primary N) is 1. The maximum Gasteiger partial charge on any atom is 0.231 e. The number of nitrogens with zero attached hydrogens (tertiary/aromatic N) is 5. The van der Waals surface area contributed by atoms with Gasteiger partial charge in [0.05, 0.1) is 5.69 Å². The Hall–Kier alpha value is -2.73. The first-order valence-corrected chi connectivity index (χ1v) is 11.0. The second-order valence-corrected chi connectivity index (χ2v) is 8.68. The Kier molecular flexibility index (Phi) is 5.37. The lowest BCUT2D eigenvalue weighted by molar-refractivity contribution is 0.174. The smallest absolute Gasteiger partial charge is 0.231 e. The summed E-state index contributed by atoms with van der Waals surface area (Å²) in [5.74, 6) is 1.74. The molecular weight excluding hydrogens is 416 g/mol. The van der Waals surface area contributed by atoms with Crippen molar-refractivity contribution in [2.45, 2.75) is 23.0 Å². The number of hydrogen-bond acceptors (Lipinski definition) is 10. The quantitative estimate of drug-likeness (QED) is 0.524. The van der Waals surface area contributed by atoms with Gasteiger partial charge >= 0.3 is 0 Å². The van der Waals surface area contributed by atoms with Crippen LogP contribution in [0.2, 0.25) is 0 Å². The lowest BCUT2D eigenvalue weighted by Crippen LogP contribution is -2.10. The van der Waals surface area contributed by atoms with Crippen molar-refractivity contribution in [3.8, 4) is 11.5 Å². The number of nitrogen functional groups attached to an aromatic ring is 1. The van der Waals surface area contributed by atoms with Gasteiger partial charge in [-0.1, -0.05) is 0 Å². The molecule has 154 valence electrons. The molecule has 0 spiro atoms. The van der Waals surface area contributed by atoms with Crippen LogP contribution in [0.4, 0.5) is 11.5 Å². The minimum absolute atomic E-state index is 0.0899. The molecule has 0 saturated heterocycles. The molecule has 2 N–H and O–H groups in total. The summed E-state index contributed by atoms with van der Waals surface area (Å²) in [5.41, 5.74) is 8.00. The van der Waals surface area contributed by atoms with Crippen molar-refractivity contribution in [1.29, 1.82) is 0 Å². The van der Waals surface area contributed by atoms with Crippen LogP contribution in [0.25, 0.3) is 11.2 Å². The maximum absolute atomic E-state index is 11.0. The number of anilines is 2. The molecule has 1 aliphatic rings. The summed E-state index contributed by atoms with van der Waals surface area (Å²) in [4.78, 5) is 15.8. The van der Waals surface area contributed by atoms with Crippen molar-refractivity contribution in [1.82, 2.24) is 19.5 Å². The summed E-state index contributed by atoms with van der Waals surface area (Å²) in [6.45, 7) is 0.634. The third-order valence-corrected chi connectivity index (χ3v) is 6.11. The Labute approximate surface area is 173 Å². The average Bonchev–Trinajstić information content (AvgIpc) is 3.26. The van der Waals surface area contributed by atoms with Crippen LogP contribution >= 0.6 is 11.8 Å². The van der Waals surface area contributed by atoms with E-state index < -0.39 is 10.7 Å². The molecule has 0 fully saturated rings. The van der Waals surface area contributed by atoms with Crippen LogP contribution in [-0.2, 0) is 17.2 Å². The molecule has 2 aromatic heterocycles. The number of fused-ring (bicyclic) bond motifs is 2. The molecule has 1 aliphatic heterocycles. The first-order valence-electron chi connectivity index (χ1n) is 8.81. The van der Waals surface area contributed by atoms with E-state index in [1.807, 2.05) is 35.7 Å². The summed E-state index contributed by atoms with van der Waals surface area (Å²) in [6, 6.07) is 3.84. The van der Waals surface area contributed by atoms with Crippen LogP contribution < -0.4 is 20.1 Å². The number of imidazole rings is 1. The van der Waals surface area contributed by atoms with E-state index >= 15 is 0 Å². The molecule has 29 heavy (non-hydrogen) atoms. The lowest BCUT2D eigenvalue weighted by Gasteiger charge is -2.18. The van der Waals surface area contributed by atoms with Crippen LogP contribution in [0.5, 0.6) is 11.5 Å². The van der Waals surface area contributed by atoms with E-state index in [2.05, 4.69) is 15.0 Å². The molecule has 0 saturated carbocycles. The fraction of sp³-hybridized carbons (Fsp3) is 0.353.